The molecule has 1 aliphatic carbocycles. The Labute approximate surface area is 159 Å². The summed E-state index contributed by atoms with van der Waals surface area (Å²) >= 11 is 0. The van der Waals surface area contributed by atoms with Crippen LogP contribution >= 0.6 is 0 Å². The first kappa shape index (κ1) is 16.5. The number of carbonyl (C=O) groups excluding carboxylic acids is 1. The minimum Gasteiger partial charge on any atom is -0.441 e. The second kappa shape index (κ2) is 6.84. The van der Waals surface area contributed by atoms with Gasteiger partial charge in [0.05, 0.1) is 0 Å². The second-order valence-corrected chi connectivity index (χ2v) is 7.92. The second-order valence-electron chi connectivity index (χ2n) is 7.92. The fourth-order valence-corrected chi connectivity index (χ4v) is 4.64. The van der Waals surface area contributed by atoms with E-state index in [1.54, 1.807) is 0 Å². The lowest BCUT2D eigenvalue weighted by molar-refractivity contribution is 0.0704. The molecule has 2 fully saturated rings. The SMILES string of the molecule is O=C(c1ccc2oc(CCCc3ccccc3)nc2c1)N1C[C@H]2CC[C@H]1C2. The minimum absolute atomic E-state index is 0.151. The molecular weight excluding hydrogens is 336 g/mol. The van der Waals surface area contributed by atoms with E-state index in [0.29, 0.717) is 12.0 Å². The fourth-order valence-electron chi connectivity index (χ4n) is 4.64. The molecule has 27 heavy (non-hydrogen) atoms. The van der Waals surface area contributed by atoms with Crippen LogP contribution in [0.2, 0.25) is 0 Å². The molecule has 4 nitrogen and oxygen atoms in total. The van der Waals surface area contributed by atoms with Gasteiger partial charge in [0.25, 0.3) is 5.91 Å². The number of piperidine rings is 1. The molecule has 3 aromatic rings. The number of aromatic nitrogens is 1. The van der Waals surface area contributed by atoms with E-state index in [1.807, 2.05) is 24.3 Å². The number of hydrogen-bond acceptors (Lipinski definition) is 3. The average Bonchev–Trinajstić information content (AvgIpc) is 3.42. The molecule has 0 unspecified atom stereocenters. The summed E-state index contributed by atoms with van der Waals surface area (Å²) in [5.74, 6) is 1.62. The van der Waals surface area contributed by atoms with E-state index in [9.17, 15) is 4.79 Å². The molecule has 1 saturated carbocycles. The van der Waals surface area contributed by atoms with Crippen LogP contribution in [0.25, 0.3) is 11.1 Å². The first-order valence-corrected chi connectivity index (χ1v) is 10.0. The summed E-state index contributed by atoms with van der Waals surface area (Å²) in [6.45, 7) is 0.922. The number of carbonyl (C=O) groups is 1. The van der Waals surface area contributed by atoms with E-state index in [4.69, 9.17) is 4.42 Å². The third-order valence-corrected chi connectivity index (χ3v) is 6.05. The molecule has 1 amide bonds. The number of nitrogens with zero attached hydrogens (tertiary/aromatic N) is 2. The predicted octanol–water partition coefficient (Wildman–Crippen LogP) is 4.63. The summed E-state index contributed by atoms with van der Waals surface area (Å²) in [4.78, 5) is 19.6. The average molecular weight is 360 g/mol. The van der Waals surface area contributed by atoms with Gasteiger partial charge in [-0.3, -0.25) is 4.79 Å². The summed E-state index contributed by atoms with van der Waals surface area (Å²) in [6, 6.07) is 16.6. The maximum absolute atomic E-state index is 12.9. The maximum Gasteiger partial charge on any atom is 0.254 e. The molecular formula is C23H24N2O2. The number of likely N-dealkylation sites (tertiary alicyclic amines) is 1. The Bertz CT molecular complexity index is 963. The third-order valence-electron chi connectivity index (χ3n) is 6.05. The van der Waals surface area contributed by atoms with Gasteiger partial charge in [0.1, 0.15) is 5.52 Å². The lowest BCUT2D eigenvalue weighted by Crippen LogP contribution is -2.37. The summed E-state index contributed by atoms with van der Waals surface area (Å²) < 4.78 is 5.88. The van der Waals surface area contributed by atoms with Gasteiger partial charge < -0.3 is 9.32 Å². The third kappa shape index (κ3) is 3.25. The molecule has 138 valence electrons. The number of aryl methyl sites for hydroxylation is 2. The smallest absolute Gasteiger partial charge is 0.254 e. The van der Waals surface area contributed by atoms with Crippen molar-refractivity contribution in [3.63, 3.8) is 0 Å². The standard InChI is InChI=1S/C23H24N2O2/c26-23(25-15-17-9-11-19(25)13-17)18-10-12-21-20(14-18)24-22(27-21)8-4-7-16-5-2-1-3-6-16/h1-3,5-6,10,12,14,17,19H,4,7-9,11,13,15H2/t17-,19-/m0/s1. The van der Waals surface area contributed by atoms with Crippen molar-refractivity contribution in [2.24, 2.45) is 5.92 Å². The van der Waals surface area contributed by atoms with Gasteiger partial charge in [0, 0.05) is 24.6 Å². The van der Waals surface area contributed by atoms with Crippen molar-refractivity contribution < 1.29 is 9.21 Å². The molecule has 1 aliphatic heterocycles. The number of benzene rings is 2. The number of rotatable bonds is 5. The Morgan fingerprint density at radius 2 is 2.00 bits per heavy atom. The molecule has 0 spiro atoms. The summed E-state index contributed by atoms with van der Waals surface area (Å²) in [5.41, 5.74) is 3.63. The molecule has 1 aromatic heterocycles. The Kier molecular flexibility index (Phi) is 4.19. The zero-order chi connectivity index (χ0) is 18.2. The van der Waals surface area contributed by atoms with Crippen LogP contribution in [0, 0.1) is 5.92 Å². The van der Waals surface area contributed by atoms with Gasteiger partial charge in [0.15, 0.2) is 11.5 Å². The minimum atomic E-state index is 0.151. The van der Waals surface area contributed by atoms with E-state index in [2.05, 4.69) is 34.1 Å². The summed E-state index contributed by atoms with van der Waals surface area (Å²) in [5, 5.41) is 0. The van der Waals surface area contributed by atoms with E-state index in [0.717, 1.165) is 54.8 Å². The summed E-state index contributed by atoms with van der Waals surface area (Å²) in [6.07, 6.45) is 6.45. The molecule has 5 rings (SSSR count). The van der Waals surface area contributed by atoms with Crippen molar-refractivity contribution in [2.75, 3.05) is 6.54 Å². The van der Waals surface area contributed by atoms with Gasteiger partial charge in [0.2, 0.25) is 0 Å². The van der Waals surface area contributed by atoms with Crippen molar-refractivity contribution in [1.82, 2.24) is 9.88 Å². The van der Waals surface area contributed by atoms with Crippen LogP contribution in [0.4, 0.5) is 0 Å². The fraction of sp³-hybridized carbons (Fsp3) is 0.391. The zero-order valence-electron chi connectivity index (χ0n) is 15.4. The molecule has 1 saturated heterocycles. The Morgan fingerprint density at radius 3 is 2.78 bits per heavy atom. The van der Waals surface area contributed by atoms with Gasteiger partial charge in [-0.1, -0.05) is 30.3 Å². The van der Waals surface area contributed by atoms with Crippen LogP contribution in [-0.2, 0) is 12.8 Å². The molecule has 4 heteroatoms. The van der Waals surface area contributed by atoms with E-state index in [-0.39, 0.29) is 5.91 Å². The van der Waals surface area contributed by atoms with Gasteiger partial charge in [-0.15, -0.1) is 0 Å². The number of amides is 1. The molecule has 2 aromatic carbocycles. The monoisotopic (exact) mass is 360 g/mol. The summed E-state index contributed by atoms with van der Waals surface area (Å²) in [7, 11) is 0. The largest absolute Gasteiger partial charge is 0.441 e. The van der Waals surface area contributed by atoms with E-state index >= 15 is 0 Å². The number of oxazole rings is 1. The predicted molar refractivity (Wildman–Crippen MR) is 105 cm³/mol. The molecule has 0 N–H and O–H groups in total. The maximum atomic E-state index is 12.9. The van der Waals surface area contributed by atoms with E-state index in [1.165, 1.54) is 18.4 Å². The highest BCUT2D eigenvalue weighted by Crippen LogP contribution is 2.38. The highest BCUT2D eigenvalue weighted by atomic mass is 16.3. The normalized spacial score (nSPS) is 21.3. The lowest BCUT2D eigenvalue weighted by atomic mass is 10.1. The Hall–Kier alpha value is -2.62. The van der Waals surface area contributed by atoms with Gasteiger partial charge in [-0.25, -0.2) is 4.98 Å². The van der Waals surface area contributed by atoms with Crippen LogP contribution in [0.15, 0.2) is 52.9 Å². The van der Waals surface area contributed by atoms with E-state index < -0.39 is 0 Å². The Morgan fingerprint density at radius 1 is 1.11 bits per heavy atom. The lowest BCUT2D eigenvalue weighted by Gasteiger charge is -2.27. The van der Waals surface area contributed by atoms with Crippen molar-refractivity contribution in [3.05, 3.63) is 65.5 Å². The van der Waals surface area contributed by atoms with Gasteiger partial charge >= 0.3 is 0 Å². The first-order valence-electron chi connectivity index (χ1n) is 10.0. The highest BCUT2D eigenvalue weighted by molar-refractivity contribution is 5.97. The van der Waals surface area contributed by atoms with Crippen LogP contribution < -0.4 is 0 Å². The van der Waals surface area contributed by atoms with Crippen molar-refractivity contribution in [2.45, 2.75) is 44.6 Å². The molecule has 2 heterocycles. The topological polar surface area (TPSA) is 46.3 Å². The van der Waals surface area contributed by atoms with Gasteiger partial charge in [-0.2, -0.15) is 0 Å². The van der Waals surface area contributed by atoms with Crippen LogP contribution in [0.3, 0.4) is 0 Å². The van der Waals surface area contributed by atoms with Crippen molar-refractivity contribution in [1.29, 1.82) is 0 Å². The molecule has 0 radical (unpaired) electrons. The molecule has 2 bridgehead atoms. The number of hydrogen-bond donors (Lipinski definition) is 0. The molecule has 2 atom stereocenters. The van der Waals surface area contributed by atoms with Crippen LogP contribution in [0.1, 0.15) is 47.5 Å². The zero-order valence-corrected chi connectivity index (χ0v) is 15.4. The van der Waals surface area contributed by atoms with Gasteiger partial charge in [-0.05, 0) is 61.8 Å². The Balaban J connectivity index is 1.27. The quantitative estimate of drug-likeness (QED) is 0.666. The number of fused-ring (bicyclic) bond motifs is 3. The highest BCUT2D eigenvalue weighted by Gasteiger charge is 2.40. The van der Waals surface area contributed by atoms with Crippen molar-refractivity contribution >= 4 is 17.0 Å². The molecule has 2 aliphatic rings. The van der Waals surface area contributed by atoms with Crippen LogP contribution in [0.5, 0.6) is 0 Å². The van der Waals surface area contributed by atoms with Crippen molar-refractivity contribution in [3.8, 4) is 0 Å². The first-order chi connectivity index (χ1) is 13.3. The van der Waals surface area contributed by atoms with Crippen LogP contribution in [-0.4, -0.2) is 28.4 Å².